The molecule has 1 fully saturated rings. The van der Waals surface area contributed by atoms with Gasteiger partial charge >= 0.3 is 0 Å². The predicted molar refractivity (Wildman–Crippen MR) is 71.9 cm³/mol. The molecule has 0 amide bonds. The molecule has 1 unspecified atom stereocenters. The van der Waals surface area contributed by atoms with Gasteiger partial charge < -0.3 is 19.6 Å². The van der Waals surface area contributed by atoms with Crippen molar-refractivity contribution in [3.05, 3.63) is 17.4 Å². The molecule has 1 saturated heterocycles. The van der Waals surface area contributed by atoms with Crippen molar-refractivity contribution < 1.29 is 8.94 Å². The molecule has 0 spiro atoms. The van der Waals surface area contributed by atoms with Crippen LogP contribution >= 0.6 is 0 Å². The van der Waals surface area contributed by atoms with Crippen molar-refractivity contribution in [3.63, 3.8) is 0 Å². The maximum Gasteiger partial charge on any atom is 0.295 e. The fraction of sp³-hybridized carbons (Fsp3) is 0.615. The van der Waals surface area contributed by atoms with E-state index in [2.05, 4.69) is 20.0 Å². The van der Waals surface area contributed by atoms with Crippen LogP contribution in [0.4, 0.5) is 0 Å². The standard InChI is InChI=1S/C13H19N5O2/c1-8-11(19-9(2)15-8)13-16-12(17-20-13)10(14)7-18-5-3-4-6-18/h10H,3-7,14H2,1-2H3. The first-order valence-corrected chi connectivity index (χ1v) is 6.89. The summed E-state index contributed by atoms with van der Waals surface area (Å²) in [5.74, 6) is 1.96. The zero-order chi connectivity index (χ0) is 14.1. The van der Waals surface area contributed by atoms with E-state index in [1.54, 1.807) is 6.92 Å². The summed E-state index contributed by atoms with van der Waals surface area (Å²) in [6.07, 6.45) is 2.47. The molecule has 1 aliphatic rings. The van der Waals surface area contributed by atoms with Gasteiger partial charge in [0.15, 0.2) is 11.7 Å². The summed E-state index contributed by atoms with van der Waals surface area (Å²) in [5, 5.41) is 3.96. The molecule has 0 saturated carbocycles. The van der Waals surface area contributed by atoms with E-state index in [4.69, 9.17) is 14.7 Å². The van der Waals surface area contributed by atoms with E-state index < -0.39 is 0 Å². The predicted octanol–water partition coefficient (Wildman–Crippen LogP) is 1.44. The highest BCUT2D eigenvalue weighted by Crippen LogP contribution is 2.23. The fourth-order valence-corrected chi connectivity index (χ4v) is 2.53. The Balaban J connectivity index is 1.74. The lowest BCUT2D eigenvalue weighted by atomic mass is 10.3. The normalized spacial score (nSPS) is 17.8. The second-order valence-corrected chi connectivity index (χ2v) is 5.22. The summed E-state index contributed by atoms with van der Waals surface area (Å²) >= 11 is 0. The lowest BCUT2D eigenvalue weighted by molar-refractivity contribution is 0.306. The summed E-state index contributed by atoms with van der Waals surface area (Å²) in [6.45, 7) is 6.58. The molecule has 0 radical (unpaired) electrons. The van der Waals surface area contributed by atoms with Crippen molar-refractivity contribution in [2.24, 2.45) is 5.73 Å². The van der Waals surface area contributed by atoms with E-state index in [0.29, 0.717) is 23.4 Å². The Morgan fingerprint density at radius 2 is 2.00 bits per heavy atom. The van der Waals surface area contributed by atoms with Gasteiger partial charge in [-0.2, -0.15) is 4.98 Å². The van der Waals surface area contributed by atoms with Gasteiger partial charge in [0.05, 0.1) is 11.7 Å². The second kappa shape index (κ2) is 5.34. The molecule has 2 N–H and O–H groups in total. The lowest BCUT2D eigenvalue weighted by Crippen LogP contribution is -2.30. The van der Waals surface area contributed by atoms with E-state index in [1.807, 2.05) is 6.92 Å². The minimum absolute atomic E-state index is 0.241. The molecule has 0 aromatic carbocycles. The third-order valence-electron chi connectivity index (χ3n) is 3.52. The summed E-state index contributed by atoms with van der Waals surface area (Å²) in [7, 11) is 0. The van der Waals surface area contributed by atoms with Crippen LogP contribution in [0.3, 0.4) is 0 Å². The SMILES string of the molecule is Cc1nc(C)c(-c2nc(C(N)CN3CCCC3)no2)o1. The van der Waals surface area contributed by atoms with E-state index in [9.17, 15) is 0 Å². The highest BCUT2D eigenvalue weighted by Gasteiger charge is 2.22. The molecule has 0 bridgehead atoms. The van der Waals surface area contributed by atoms with Gasteiger partial charge in [-0.15, -0.1) is 0 Å². The van der Waals surface area contributed by atoms with Crippen LogP contribution in [0.25, 0.3) is 11.7 Å². The Kier molecular flexibility index (Phi) is 3.54. The summed E-state index contributed by atoms with van der Waals surface area (Å²) in [5.41, 5.74) is 6.88. The third kappa shape index (κ3) is 2.59. The number of hydrogen-bond acceptors (Lipinski definition) is 7. The van der Waals surface area contributed by atoms with Crippen LogP contribution in [0.1, 0.15) is 36.3 Å². The van der Waals surface area contributed by atoms with Crippen molar-refractivity contribution in [1.29, 1.82) is 0 Å². The average Bonchev–Trinajstić information content (AvgIpc) is 3.10. The van der Waals surface area contributed by atoms with Gasteiger partial charge in [0, 0.05) is 13.5 Å². The molecule has 7 nitrogen and oxygen atoms in total. The van der Waals surface area contributed by atoms with E-state index in [-0.39, 0.29) is 6.04 Å². The zero-order valence-corrected chi connectivity index (χ0v) is 11.8. The zero-order valence-electron chi connectivity index (χ0n) is 11.8. The van der Waals surface area contributed by atoms with Crippen molar-refractivity contribution in [1.82, 2.24) is 20.0 Å². The summed E-state index contributed by atoms with van der Waals surface area (Å²) in [6, 6.07) is -0.241. The molecule has 7 heteroatoms. The van der Waals surface area contributed by atoms with Gasteiger partial charge in [-0.3, -0.25) is 0 Å². The quantitative estimate of drug-likeness (QED) is 0.903. The number of nitrogens with two attached hydrogens (primary N) is 1. The van der Waals surface area contributed by atoms with Gasteiger partial charge in [-0.05, 0) is 32.9 Å². The molecule has 1 aliphatic heterocycles. The maximum absolute atomic E-state index is 6.14. The van der Waals surface area contributed by atoms with Gasteiger partial charge in [0.2, 0.25) is 5.76 Å². The van der Waals surface area contributed by atoms with E-state index in [0.717, 1.165) is 25.3 Å². The molecule has 108 valence electrons. The fourth-order valence-electron chi connectivity index (χ4n) is 2.53. The minimum Gasteiger partial charge on any atom is -0.436 e. The van der Waals surface area contributed by atoms with Crippen LogP contribution in [0.2, 0.25) is 0 Å². The Hall–Kier alpha value is -1.73. The molecule has 20 heavy (non-hydrogen) atoms. The first-order chi connectivity index (χ1) is 9.63. The first-order valence-electron chi connectivity index (χ1n) is 6.89. The average molecular weight is 277 g/mol. The molecule has 2 aromatic heterocycles. The van der Waals surface area contributed by atoms with Crippen LogP contribution in [0.15, 0.2) is 8.94 Å². The Labute approximate surface area is 117 Å². The highest BCUT2D eigenvalue weighted by molar-refractivity contribution is 5.47. The molecule has 2 aromatic rings. The van der Waals surface area contributed by atoms with Gasteiger partial charge in [-0.25, -0.2) is 4.98 Å². The second-order valence-electron chi connectivity index (χ2n) is 5.22. The molecule has 1 atom stereocenters. The topological polar surface area (TPSA) is 94.2 Å². The number of oxazole rings is 1. The van der Waals surface area contributed by atoms with Crippen molar-refractivity contribution >= 4 is 0 Å². The van der Waals surface area contributed by atoms with Crippen LogP contribution in [-0.4, -0.2) is 39.7 Å². The maximum atomic E-state index is 6.14. The largest absolute Gasteiger partial charge is 0.436 e. The summed E-state index contributed by atoms with van der Waals surface area (Å²) < 4.78 is 10.7. The third-order valence-corrected chi connectivity index (χ3v) is 3.52. The Morgan fingerprint density at radius 1 is 1.25 bits per heavy atom. The molecule has 3 heterocycles. The number of aryl methyl sites for hydroxylation is 2. The number of aromatic nitrogens is 3. The first kappa shape index (κ1) is 13.3. The highest BCUT2D eigenvalue weighted by atomic mass is 16.5. The number of hydrogen-bond donors (Lipinski definition) is 1. The number of rotatable bonds is 4. The van der Waals surface area contributed by atoms with Gasteiger partial charge in [0.1, 0.15) is 0 Å². The van der Waals surface area contributed by atoms with Gasteiger partial charge in [0.25, 0.3) is 5.89 Å². The molecular formula is C13H19N5O2. The van der Waals surface area contributed by atoms with E-state index >= 15 is 0 Å². The van der Waals surface area contributed by atoms with Crippen molar-refractivity contribution in [2.45, 2.75) is 32.7 Å². The van der Waals surface area contributed by atoms with Crippen LogP contribution < -0.4 is 5.73 Å². The van der Waals surface area contributed by atoms with Gasteiger partial charge in [-0.1, -0.05) is 5.16 Å². The number of nitrogens with zero attached hydrogens (tertiary/aromatic N) is 4. The lowest BCUT2D eigenvalue weighted by Gasteiger charge is -2.17. The molecule has 3 rings (SSSR count). The smallest absolute Gasteiger partial charge is 0.295 e. The molecular weight excluding hydrogens is 258 g/mol. The van der Waals surface area contributed by atoms with E-state index in [1.165, 1.54) is 12.8 Å². The minimum atomic E-state index is -0.241. The van der Waals surface area contributed by atoms with Crippen LogP contribution in [-0.2, 0) is 0 Å². The summed E-state index contributed by atoms with van der Waals surface area (Å²) in [4.78, 5) is 10.8. The Morgan fingerprint density at radius 3 is 2.65 bits per heavy atom. The van der Waals surface area contributed by atoms with Crippen LogP contribution in [0.5, 0.6) is 0 Å². The molecule has 0 aliphatic carbocycles. The van der Waals surface area contributed by atoms with Crippen molar-refractivity contribution in [2.75, 3.05) is 19.6 Å². The van der Waals surface area contributed by atoms with Crippen molar-refractivity contribution in [3.8, 4) is 11.7 Å². The Bertz CT molecular complexity index is 585. The number of likely N-dealkylation sites (tertiary alicyclic amines) is 1. The monoisotopic (exact) mass is 277 g/mol. The van der Waals surface area contributed by atoms with Crippen LogP contribution in [0, 0.1) is 13.8 Å².